The molecule has 26 heavy (non-hydrogen) atoms. The van der Waals surface area contributed by atoms with Gasteiger partial charge in [0.2, 0.25) is 14.9 Å². The summed E-state index contributed by atoms with van der Waals surface area (Å²) in [5.74, 6) is 0.225. The molecule has 132 valence electrons. The summed E-state index contributed by atoms with van der Waals surface area (Å²) in [7, 11) is 0.256. The molecule has 0 spiro atoms. The van der Waals surface area contributed by atoms with Crippen LogP contribution in [0.4, 0.5) is 5.69 Å². The second-order valence-electron chi connectivity index (χ2n) is 5.76. The number of allylic oxidation sites excluding steroid dienone is 5. The SMILES string of the molecule is CN(C)c1ccc(/C=C/C2=CC(=C(C#N)C#N)C=C(S(C)(=O)=O)O2)cc1. The molecular formula is C19H17N3O3S. The normalized spacial score (nSPS) is 14.0. The highest BCUT2D eigenvalue weighted by molar-refractivity contribution is 7.94. The molecule has 0 N–H and O–H groups in total. The van der Waals surface area contributed by atoms with Crippen LogP contribution in [0.3, 0.4) is 0 Å². The van der Waals surface area contributed by atoms with Crippen LogP contribution >= 0.6 is 0 Å². The van der Waals surface area contributed by atoms with Crippen LogP contribution in [0, 0.1) is 22.7 Å². The third kappa shape index (κ3) is 4.62. The van der Waals surface area contributed by atoms with E-state index in [1.165, 1.54) is 12.2 Å². The first-order valence-corrected chi connectivity index (χ1v) is 9.45. The van der Waals surface area contributed by atoms with E-state index in [1.54, 1.807) is 24.3 Å². The summed E-state index contributed by atoms with van der Waals surface area (Å²) in [4.78, 5) is 1.98. The molecule has 0 fully saturated rings. The Morgan fingerprint density at radius 2 is 1.69 bits per heavy atom. The molecule has 1 aromatic carbocycles. The Bertz CT molecular complexity index is 997. The molecule has 0 saturated heterocycles. The number of hydrogen-bond acceptors (Lipinski definition) is 6. The summed E-state index contributed by atoms with van der Waals surface area (Å²) in [5.41, 5.74) is 1.96. The molecule has 1 aliphatic rings. The molecule has 1 heterocycles. The largest absolute Gasteiger partial charge is 0.445 e. The van der Waals surface area contributed by atoms with Gasteiger partial charge in [-0.1, -0.05) is 18.2 Å². The summed E-state index contributed by atoms with van der Waals surface area (Å²) >= 11 is 0. The van der Waals surface area contributed by atoms with Crippen LogP contribution < -0.4 is 4.90 Å². The molecule has 1 aliphatic heterocycles. The van der Waals surface area contributed by atoms with Gasteiger partial charge in [-0.3, -0.25) is 0 Å². The lowest BCUT2D eigenvalue weighted by molar-refractivity contribution is 0.342. The molecule has 0 bridgehead atoms. The Hall–Kier alpha value is -3.29. The quantitative estimate of drug-likeness (QED) is 0.760. The zero-order valence-corrected chi connectivity index (χ0v) is 15.4. The van der Waals surface area contributed by atoms with Gasteiger partial charge in [0.25, 0.3) is 0 Å². The van der Waals surface area contributed by atoms with Crippen molar-refractivity contribution in [3.8, 4) is 12.1 Å². The summed E-state index contributed by atoms with van der Waals surface area (Å²) in [6, 6.07) is 11.2. The molecule has 0 radical (unpaired) electrons. The summed E-state index contributed by atoms with van der Waals surface area (Å²) in [5, 5.41) is 17.8. The molecule has 0 amide bonds. The molecular weight excluding hydrogens is 350 g/mol. The van der Waals surface area contributed by atoms with Crippen LogP contribution in [-0.2, 0) is 14.6 Å². The summed E-state index contributed by atoms with van der Waals surface area (Å²) in [6.07, 6.45) is 6.99. The van der Waals surface area contributed by atoms with Crippen molar-refractivity contribution in [2.24, 2.45) is 0 Å². The molecule has 2 rings (SSSR count). The van der Waals surface area contributed by atoms with Gasteiger partial charge < -0.3 is 9.64 Å². The maximum Gasteiger partial charge on any atom is 0.218 e. The lowest BCUT2D eigenvalue weighted by Gasteiger charge is -2.15. The van der Waals surface area contributed by atoms with Crippen molar-refractivity contribution >= 4 is 21.6 Å². The molecule has 7 heteroatoms. The second-order valence-corrected chi connectivity index (χ2v) is 7.70. The number of ether oxygens (including phenoxy) is 1. The van der Waals surface area contributed by atoms with Crippen LogP contribution in [0.15, 0.2) is 64.5 Å². The van der Waals surface area contributed by atoms with E-state index in [0.717, 1.165) is 17.5 Å². The van der Waals surface area contributed by atoms with E-state index in [4.69, 9.17) is 15.3 Å². The highest BCUT2D eigenvalue weighted by Gasteiger charge is 2.20. The zero-order valence-electron chi connectivity index (χ0n) is 14.6. The van der Waals surface area contributed by atoms with Crippen molar-refractivity contribution in [3.63, 3.8) is 0 Å². The van der Waals surface area contributed by atoms with Gasteiger partial charge >= 0.3 is 0 Å². The summed E-state index contributed by atoms with van der Waals surface area (Å²) in [6.45, 7) is 0. The van der Waals surface area contributed by atoms with Gasteiger partial charge in [-0.2, -0.15) is 10.5 Å². The second kappa shape index (κ2) is 7.73. The monoisotopic (exact) mass is 367 g/mol. The fraction of sp³-hybridized carbons (Fsp3) is 0.158. The highest BCUT2D eigenvalue weighted by Crippen LogP contribution is 2.26. The first kappa shape index (κ1) is 19.0. The first-order chi connectivity index (χ1) is 12.2. The van der Waals surface area contributed by atoms with Crippen LogP contribution in [0.2, 0.25) is 0 Å². The van der Waals surface area contributed by atoms with Gasteiger partial charge in [-0.05, 0) is 29.8 Å². The van der Waals surface area contributed by atoms with Crippen LogP contribution in [-0.4, -0.2) is 28.8 Å². The van der Waals surface area contributed by atoms with Gasteiger partial charge in [0, 0.05) is 37.7 Å². The fourth-order valence-corrected chi connectivity index (χ4v) is 2.71. The third-order valence-electron chi connectivity index (χ3n) is 3.52. The number of rotatable bonds is 4. The average Bonchev–Trinajstić information content (AvgIpc) is 2.60. The average molecular weight is 367 g/mol. The Kier molecular flexibility index (Phi) is 5.66. The Morgan fingerprint density at radius 3 is 2.19 bits per heavy atom. The van der Waals surface area contributed by atoms with Crippen molar-refractivity contribution in [1.29, 1.82) is 10.5 Å². The zero-order chi connectivity index (χ0) is 19.3. The Morgan fingerprint density at radius 1 is 1.08 bits per heavy atom. The van der Waals surface area contributed by atoms with Gasteiger partial charge in [0.1, 0.15) is 23.5 Å². The Labute approximate surface area is 153 Å². The van der Waals surface area contributed by atoms with Crippen molar-refractivity contribution < 1.29 is 13.2 Å². The lowest BCUT2D eigenvalue weighted by Crippen LogP contribution is -2.09. The van der Waals surface area contributed by atoms with E-state index in [0.29, 0.717) is 0 Å². The minimum atomic E-state index is -3.63. The van der Waals surface area contributed by atoms with E-state index >= 15 is 0 Å². The number of sulfone groups is 1. The van der Waals surface area contributed by atoms with Crippen molar-refractivity contribution in [2.45, 2.75) is 0 Å². The van der Waals surface area contributed by atoms with Crippen molar-refractivity contribution in [1.82, 2.24) is 0 Å². The van der Waals surface area contributed by atoms with Gasteiger partial charge in [-0.15, -0.1) is 0 Å². The highest BCUT2D eigenvalue weighted by atomic mass is 32.2. The number of hydrogen-bond donors (Lipinski definition) is 0. The third-order valence-corrected chi connectivity index (χ3v) is 4.45. The topological polar surface area (TPSA) is 94.2 Å². The van der Waals surface area contributed by atoms with Gasteiger partial charge in [-0.25, -0.2) is 8.42 Å². The lowest BCUT2D eigenvalue weighted by atomic mass is 10.1. The van der Waals surface area contributed by atoms with Crippen LogP contribution in [0.1, 0.15) is 5.56 Å². The van der Waals surface area contributed by atoms with Crippen LogP contribution in [0.5, 0.6) is 0 Å². The number of nitriles is 2. The molecule has 6 nitrogen and oxygen atoms in total. The summed E-state index contributed by atoms with van der Waals surface area (Å²) < 4.78 is 29.0. The van der Waals surface area contributed by atoms with E-state index < -0.39 is 9.84 Å². The molecule has 0 unspecified atom stereocenters. The molecule has 0 aromatic heterocycles. The van der Waals surface area contributed by atoms with Crippen molar-refractivity contribution in [3.05, 3.63) is 70.1 Å². The molecule has 1 aromatic rings. The van der Waals surface area contributed by atoms with E-state index in [9.17, 15) is 8.42 Å². The number of nitrogens with zero attached hydrogens (tertiary/aromatic N) is 3. The number of anilines is 1. The minimum Gasteiger partial charge on any atom is -0.445 e. The molecule has 0 saturated carbocycles. The van der Waals surface area contributed by atoms with Gasteiger partial charge in [0.15, 0.2) is 0 Å². The number of benzene rings is 1. The molecule has 0 atom stereocenters. The fourth-order valence-electron chi connectivity index (χ4n) is 2.12. The maximum atomic E-state index is 11.8. The first-order valence-electron chi connectivity index (χ1n) is 7.56. The van der Waals surface area contributed by atoms with E-state index in [1.807, 2.05) is 43.3 Å². The van der Waals surface area contributed by atoms with Crippen molar-refractivity contribution in [2.75, 3.05) is 25.3 Å². The van der Waals surface area contributed by atoms with E-state index in [2.05, 4.69) is 0 Å². The predicted octanol–water partition coefficient (Wildman–Crippen LogP) is 2.91. The van der Waals surface area contributed by atoms with Gasteiger partial charge in [0.05, 0.1) is 0 Å². The predicted molar refractivity (Wildman–Crippen MR) is 100 cm³/mol. The smallest absolute Gasteiger partial charge is 0.218 e. The maximum absolute atomic E-state index is 11.8. The standard InChI is InChI=1S/C19H17N3O3S/c1-22(2)17-7-4-14(5-8-17)6-9-18-10-15(16(12-20)13-21)11-19(25-18)26(3,23)24/h4-11H,1-3H3/b9-6+. The minimum absolute atomic E-state index is 0.185. The Balaban J connectivity index is 2.38. The van der Waals surface area contributed by atoms with Crippen LogP contribution in [0.25, 0.3) is 6.08 Å². The van der Waals surface area contributed by atoms with E-state index in [-0.39, 0.29) is 22.0 Å². The molecule has 0 aliphatic carbocycles.